The number of H-pyrrole nitrogens is 1. The van der Waals surface area contributed by atoms with Crippen molar-refractivity contribution in [2.24, 2.45) is 5.73 Å². The normalized spacial score (nSPS) is 13.8. The van der Waals surface area contributed by atoms with Crippen LogP contribution in [0.5, 0.6) is 0 Å². The third-order valence-electron chi connectivity index (χ3n) is 3.89. The van der Waals surface area contributed by atoms with E-state index in [4.69, 9.17) is 5.73 Å². The van der Waals surface area contributed by atoms with Crippen LogP contribution in [0.4, 0.5) is 0 Å². The second-order valence-corrected chi connectivity index (χ2v) is 5.92. The van der Waals surface area contributed by atoms with Crippen molar-refractivity contribution in [1.82, 2.24) is 20.0 Å². The van der Waals surface area contributed by atoms with Crippen molar-refractivity contribution in [2.75, 3.05) is 0 Å². The van der Waals surface area contributed by atoms with Gasteiger partial charge in [-0.3, -0.25) is 0 Å². The number of nitrogens with one attached hydrogen (secondary N) is 1. The lowest BCUT2D eigenvalue weighted by atomic mass is 10.1. The molecule has 1 aromatic carbocycles. The number of allylic oxidation sites excluding steroid dienone is 5. The predicted octanol–water partition coefficient (Wildman–Crippen LogP) is 3.93. The number of nitrogens with zero attached hydrogens (tertiary/aromatic N) is 3. The standard InChI is InChI=1S/C20H21N5O/c1-14(20(26)13-16-10-9-15(2)22-16)12-17(6-5-11-21)25-19-8-4-3-7-18(19)23-24-25/h3-13,22,26H,21H2,1-2H3/b11-5+,14-12+,17-6+,20-13-. The predicted molar refractivity (Wildman–Crippen MR) is 105 cm³/mol. The van der Waals surface area contributed by atoms with Crippen molar-refractivity contribution in [1.29, 1.82) is 0 Å². The van der Waals surface area contributed by atoms with Gasteiger partial charge in [0.05, 0.1) is 11.2 Å². The van der Waals surface area contributed by atoms with Gasteiger partial charge >= 0.3 is 0 Å². The van der Waals surface area contributed by atoms with E-state index in [1.807, 2.05) is 62.4 Å². The minimum absolute atomic E-state index is 0.166. The Morgan fingerprint density at radius 2 is 2.04 bits per heavy atom. The van der Waals surface area contributed by atoms with E-state index >= 15 is 0 Å². The number of fused-ring (bicyclic) bond motifs is 1. The van der Waals surface area contributed by atoms with E-state index in [0.717, 1.165) is 28.1 Å². The molecule has 0 atom stereocenters. The SMILES string of the molecule is CC(=C\C(=C/C=C/N)n1nnc2ccccc21)/C(O)=C/c1ccc(C)[nH]1. The van der Waals surface area contributed by atoms with E-state index in [9.17, 15) is 5.11 Å². The molecule has 0 bridgehead atoms. The molecule has 0 spiro atoms. The molecule has 4 N–H and O–H groups in total. The van der Waals surface area contributed by atoms with Crippen molar-refractivity contribution in [3.63, 3.8) is 0 Å². The molecule has 0 aliphatic rings. The lowest BCUT2D eigenvalue weighted by molar-refractivity contribution is 0.428. The quantitative estimate of drug-likeness (QED) is 0.482. The number of hydrogen-bond donors (Lipinski definition) is 3. The zero-order chi connectivity index (χ0) is 18.5. The van der Waals surface area contributed by atoms with Crippen LogP contribution in [-0.2, 0) is 0 Å². The van der Waals surface area contributed by atoms with Gasteiger partial charge in [0.2, 0.25) is 0 Å². The van der Waals surface area contributed by atoms with Crippen molar-refractivity contribution >= 4 is 22.8 Å². The van der Waals surface area contributed by atoms with Crippen LogP contribution in [0.2, 0.25) is 0 Å². The van der Waals surface area contributed by atoms with Crippen LogP contribution in [0.1, 0.15) is 18.3 Å². The maximum Gasteiger partial charge on any atom is 0.120 e. The van der Waals surface area contributed by atoms with Gasteiger partial charge in [-0.2, -0.15) is 0 Å². The molecule has 26 heavy (non-hydrogen) atoms. The van der Waals surface area contributed by atoms with Gasteiger partial charge in [-0.25, -0.2) is 4.68 Å². The number of para-hydroxylation sites is 1. The Morgan fingerprint density at radius 3 is 2.77 bits per heavy atom. The van der Waals surface area contributed by atoms with Crippen LogP contribution < -0.4 is 5.73 Å². The van der Waals surface area contributed by atoms with Gasteiger partial charge in [-0.05, 0) is 68.1 Å². The molecule has 0 radical (unpaired) electrons. The summed E-state index contributed by atoms with van der Waals surface area (Å²) in [5.74, 6) is 0.166. The summed E-state index contributed by atoms with van der Waals surface area (Å²) >= 11 is 0. The van der Waals surface area contributed by atoms with E-state index in [1.165, 1.54) is 6.20 Å². The Kier molecular flexibility index (Phi) is 5.03. The summed E-state index contributed by atoms with van der Waals surface area (Å²) in [5, 5.41) is 18.8. The third-order valence-corrected chi connectivity index (χ3v) is 3.89. The van der Waals surface area contributed by atoms with Crippen molar-refractivity contribution < 1.29 is 5.11 Å². The number of aryl methyl sites for hydroxylation is 1. The van der Waals surface area contributed by atoms with E-state index in [2.05, 4.69) is 15.3 Å². The number of aromatic amines is 1. The molecule has 0 fully saturated rings. The highest BCUT2D eigenvalue weighted by Crippen LogP contribution is 2.20. The Bertz CT molecular complexity index is 1030. The number of hydrogen-bond acceptors (Lipinski definition) is 4. The minimum atomic E-state index is 0.166. The molecule has 0 saturated heterocycles. The highest BCUT2D eigenvalue weighted by molar-refractivity contribution is 5.80. The van der Waals surface area contributed by atoms with Gasteiger partial charge in [-0.15, -0.1) is 5.10 Å². The molecule has 6 heteroatoms. The summed E-state index contributed by atoms with van der Waals surface area (Å²) in [7, 11) is 0. The Labute approximate surface area is 151 Å². The third kappa shape index (κ3) is 3.75. The summed E-state index contributed by atoms with van der Waals surface area (Å²) in [4.78, 5) is 3.17. The highest BCUT2D eigenvalue weighted by Gasteiger charge is 2.08. The number of aromatic nitrogens is 4. The van der Waals surface area contributed by atoms with Crippen molar-refractivity contribution in [3.05, 3.63) is 83.5 Å². The lowest BCUT2D eigenvalue weighted by Crippen LogP contribution is -1.99. The van der Waals surface area contributed by atoms with Crippen LogP contribution >= 0.6 is 0 Å². The molecule has 0 amide bonds. The van der Waals surface area contributed by atoms with Crippen LogP contribution in [0, 0.1) is 6.92 Å². The first-order valence-corrected chi connectivity index (χ1v) is 8.23. The zero-order valence-electron chi connectivity index (χ0n) is 14.7. The Hall–Kier alpha value is -3.54. The second-order valence-electron chi connectivity index (χ2n) is 5.92. The first kappa shape index (κ1) is 17.3. The van der Waals surface area contributed by atoms with Crippen LogP contribution in [0.3, 0.4) is 0 Å². The number of rotatable bonds is 5. The van der Waals surface area contributed by atoms with E-state index in [1.54, 1.807) is 16.8 Å². The Balaban J connectivity index is 2.00. The average Bonchev–Trinajstić information content (AvgIpc) is 3.24. The highest BCUT2D eigenvalue weighted by atomic mass is 16.3. The molecule has 0 unspecified atom stereocenters. The van der Waals surface area contributed by atoms with Gasteiger partial charge in [0.1, 0.15) is 11.3 Å². The number of aliphatic hydroxyl groups is 1. The summed E-state index contributed by atoms with van der Waals surface area (Å²) in [6, 6.07) is 11.6. The second kappa shape index (κ2) is 7.57. The van der Waals surface area contributed by atoms with E-state index in [0.29, 0.717) is 5.57 Å². The van der Waals surface area contributed by atoms with Crippen LogP contribution in [0.15, 0.2) is 72.2 Å². The van der Waals surface area contributed by atoms with Crippen molar-refractivity contribution in [2.45, 2.75) is 13.8 Å². The fraction of sp³-hybridized carbons (Fsp3) is 0.100. The molecule has 3 rings (SSSR count). The molecule has 6 nitrogen and oxygen atoms in total. The van der Waals surface area contributed by atoms with Crippen molar-refractivity contribution in [3.8, 4) is 0 Å². The molecular formula is C20H21N5O. The fourth-order valence-corrected chi connectivity index (χ4v) is 2.56. The molecule has 2 aromatic heterocycles. The first-order chi connectivity index (χ1) is 12.6. The lowest BCUT2D eigenvalue weighted by Gasteiger charge is -2.06. The largest absolute Gasteiger partial charge is 0.508 e. The summed E-state index contributed by atoms with van der Waals surface area (Å²) in [6.07, 6.45) is 8.50. The number of benzene rings is 1. The summed E-state index contributed by atoms with van der Waals surface area (Å²) < 4.78 is 1.71. The fourth-order valence-electron chi connectivity index (χ4n) is 2.56. The Morgan fingerprint density at radius 1 is 1.23 bits per heavy atom. The van der Waals surface area contributed by atoms with Crippen LogP contribution in [-0.4, -0.2) is 25.1 Å². The monoisotopic (exact) mass is 347 g/mol. The summed E-state index contributed by atoms with van der Waals surface area (Å²) in [5.41, 5.74) is 10.4. The first-order valence-electron chi connectivity index (χ1n) is 8.23. The molecule has 0 aliphatic carbocycles. The van der Waals surface area contributed by atoms with E-state index in [-0.39, 0.29) is 5.76 Å². The molecule has 3 aromatic rings. The summed E-state index contributed by atoms with van der Waals surface area (Å²) in [6.45, 7) is 3.80. The molecule has 2 heterocycles. The number of nitrogens with two attached hydrogens (primary N) is 1. The maximum absolute atomic E-state index is 10.4. The van der Waals surface area contributed by atoms with Gasteiger partial charge in [-0.1, -0.05) is 17.3 Å². The molecular weight excluding hydrogens is 326 g/mol. The van der Waals surface area contributed by atoms with Gasteiger partial charge in [0.25, 0.3) is 0 Å². The maximum atomic E-state index is 10.4. The molecule has 0 aliphatic heterocycles. The smallest absolute Gasteiger partial charge is 0.120 e. The minimum Gasteiger partial charge on any atom is -0.508 e. The average molecular weight is 347 g/mol. The zero-order valence-corrected chi connectivity index (χ0v) is 14.7. The van der Waals surface area contributed by atoms with Gasteiger partial charge in [0, 0.05) is 17.5 Å². The molecule has 0 saturated carbocycles. The van der Waals surface area contributed by atoms with E-state index < -0.39 is 0 Å². The van der Waals surface area contributed by atoms with Crippen LogP contribution in [0.25, 0.3) is 22.8 Å². The molecule has 132 valence electrons. The van der Waals surface area contributed by atoms with Gasteiger partial charge in [0.15, 0.2) is 0 Å². The topological polar surface area (TPSA) is 92.8 Å². The van der Waals surface area contributed by atoms with Gasteiger partial charge < -0.3 is 15.8 Å². The number of aliphatic hydroxyl groups excluding tert-OH is 1.